The molecule has 1 heterocycles. The van der Waals surface area contributed by atoms with Crippen molar-refractivity contribution in [1.82, 2.24) is 10.2 Å². The molecule has 2 aliphatic carbocycles. The third-order valence-electron chi connectivity index (χ3n) is 6.51. The van der Waals surface area contributed by atoms with Crippen LogP contribution in [0.5, 0.6) is 5.75 Å². The molecule has 0 saturated heterocycles. The zero-order chi connectivity index (χ0) is 18.6. The van der Waals surface area contributed by atoms with Crippen molar-refractivity contribution < 1.29 is 14.3 Å². The smallest absolute Gasteiger partial charge is 0.226 e. The van der Waals surface area contributed by atoms with Gasteiger partial charge in [0, 0.05) is 37.2 Å². The van der Waals surface area contributed by atoms with Crippen LogP contribution in [0.1, 0.15) is 50.5 Å². The van der Waals surface area contributed by atoms with E-state index in [-0.39, 0.29) is 24.0 Å². The second kappa shape index (κ2) is 8.61. The molecule has 2 fully saturated rings. The fourth-order valence-corrected chi connectivity index (χ4v) is 4.99. The Kier molecular flexibility index (Phi) is 5.98. The molecule has 148 valence electrons. The Morgan fingerprint density at radius 1 is 1.19 bits per heavy atom. The quantitative estimate of drug-likeness (QED) is 0.882. The van der Waals surface area contributed by atoms with Crippen LogP contribution >= 0.6 is 0 Å². The van der Waals surface area contributed by atoms with E-state index >= 15 is 0 Å². The Morgan fingerprint density at radius 2 is 2.00 bits per heavy atom. The van der Waals surface area contributed by atoms with Gasteiger partial charge in [0.25, 0.3) is 0 Å². The molecule has 1 aromatic carbocycles. The van der Waals surface area contributed by atoms with Crippen molar-refractivity contribution in [3.63, 3.8) is 0 Å². The minimum Gasteiger partial charge on any atom is -0.491 e. The van der Waals surface area contributed by atoms with Gasteiger partial charge in [0.2, 0.25) is 5.91 Å². The minimum absolute atomic E-state index is 0.0839. The van der Waals surface area contributed by atoms with Gasteiger partial charge in [-0.15, -0.1) is 0 Å². The molecule has 2 saturated carbocycles. The van der Waals surface area contributed by atoms with Crippen LogP contribution in [0.2, 0.25) is 0 Å². The Balaban J connectivity index is 1.42. The maximum Gasteiger partial charge on any atom is 0.226 e. The highest BCUT2D eigenvalue weighted by Gasteiger charge is 2.37. The molecule has 5 heteroatoms. The fourth-order valence-electron chi connectivity index (χ4n) is 4.99. The SMILES string of the molecule is CO[C@@H]1CC[C@H](C(=O)N2CCOc3ccccc3C2)C[C@H]1NC1CCCC1. The molecular weight excluding hydrogens is 340 g/mol. The molecule has 1 aromatic rings. The molecule has 3 atom stereocenters. The summed E-state index contributed by atoms with van der Waals surface area (Å²) in [4.78, 5) is 15.3. The number of carbonyl (C=O) groups is 1. The van der Waals surface area contributed by atoms with Gasteiger partial charge in [-0.1, -0.05) is 31.0 Å². The first-order valence-electron chi connectivity index (χ1n) is 10.5. The first-order chi connectivity index (χ1) is 13.2. The first-order valence-corrected chi connectivity index (χ1v) is 10.5. The Bertz CT molecular complexity index is 644. The predicted octanol–water partition coefficient (Wildman–Crippen LogP) is 3.12. The third kappa shape index (κ3) is 4.30. The average Bonchev–Trinajstić information content (AvgIpc) is 3.11. The van der Waals surface area contributed by atoms with E-state index in [0.29, 0.717) is 25.7 Å². The highest BCUT2D eigenvalue weighted by molar-refractivity contribution is 5.79. The van der Waals surface area contributed by atoms with E-state index in [1.165, 1.54) is 25.7 Å². The summed E-state index contributed by atoms with van der Waals surface area (Å²) in [5.41, 5.74) is 1.11. The molecule has 0 spiro atoms. The third-order valence-corrected chi connectivity index (χ3v) is 6.51. The van der Waals surface area contributed by atoms with Crippen LogP contribution in [0.15, 0.2) is 24.3 Å². The van der Waals surface area contributed by atoms with Gasteiger partial charge >= 0.3 is 0 Å². The molecule has 0 radical (unpaired) electrons. The van der Waals surface area contributed by atoms with Crippen LogP contribution < -0.4 is 10.1 Å². The van der Waals surface area contributed by atoms with Crippen molar-refractivity contribution in [3.8, 4) is 5.75 Å². The summed E-state index contributed by atoms with van der Waals surface area (Å²) in [6.07, 6.45) is 8.12. The van der Waals surface area contributed by atoms with E-state index in [0.717, 1.165) is 30.6 Å². The van der Waals surface area contributed by atoms with Crippen LogP contribution in [-0.4, -0.2) is 49.3 Å². The summed E-state index contributed by atoms with van der Waals surface area (Å²) in [6, 6.07) is 8.95. The van der Waals surface area contributed by atoms with Crippen molar-refractivity contribution in [2.75, 3.05) is 20.3 Å². The molecule has 27 heavy (non-hydrogen) atoms. The fraction of sp³-hybridized carbons (Fsp3) is 0.682. The zero-order valence-corrected chi connectivity index (χ0v) is 16.4. The number of hydrogen-bond acceptors (Lipinski definition) is 4. The van der Waals surface area contributed by atoms with Crippen molar-refractivity contribution in [3.05, 3.63) is 29.8 Å². The van der Waals surface area contributed by atoms with Crippen molar-refractivity contribution in [2.45, 2.75) is 69.7 Å². The van der Waals surface area contributed by atoms with Crippen molar-refractivity contribution in [1.29, 1.82) is 0 Å². The number of benzene rings is 1. The maximum absolute atomic E-state index is 13.3. The summed E-state index contributed by atoms with van der Waals surface area (Å²) in [5.74, 6) is 1.28. The topological polar surface area (TPSA) is 50.8 Å². The zero-order valence-electron chi connectivity index (χ0n) is 16.4. The van der Waals surface area contributed by atoms with Gasteiger partial charge < -0.3 is 19.7 Å². The predicted molar refractivity (Wildman–Crippen MR) is 105 cm³/mol. The number of hydrogen-bond donors (Lipinski definition) is 1. The van der Waals surface area contributed by atoms with Gasteiger partial charge in [0.15, 0.2) is 0 Å². The number of nitrogens with one attached hydrogen (secondary N) is 1. The highest BCUT2D eigenvalue weighted by Crippen LogP contribution is 2.31. The number of ether oxygens (including phenoxy) is 2. The van der Waals surface area contributed by atoms with Gasteiger partial charge in [-0.2, -0.15) is 0 Å². The lowest BCUT2D eigenvalue weighted by Crippen LogP contribution is -2.51. The summed E-state index contributed by atoms with van der Waals surface area (Å²) in [5, 5.41) is 3.81. The van der Waals surface area contributed by atoms with Crippen LogP contribution in [0, 0.1) is 5.92 Å². The molecule has 1 aliphatic heterocycles. The molecule has 5 nitrogen and oxygen atoms in total. The van der Waals surface area contributed by atoms with Gasteiger partial charge in [-0.25, -0.2) is 0 Å². The molecule has 0 bridgehead atoms. The number of carbonyl (C=O) groups excluding carboxylic acids is 1. The van der Waals surface area contributed by atoms with Crippen molar-refractivity contribution >= 4 is 5.91 Å². The van der Waals surface area contributed by atoms with Crippen LogP contribution in [0.4, 0.5) is 0 Å². The van der Waals surface area contributed by atoms with Crippen LogP contribution in [-0.2, 0) is 16.1 Å². The van der Waals surface area contributed by atoms with E-state index in [9.17, 15) is 4.79 Å². The van der Waals surface area contributed by atoms with Gasteiger partial charge in [0.1, 0.15) is 12.4 Å². The second-order valence-electron chi connectivity index (χ2n) is 8.25. The number of para-hydroxylation sites is 1. The normalized spacial score (nSPS) is 29.1. The molecule has 3 aliphatic rings. The minimum atomic E-state index is 0.0839. The van der Waals surface area contributed by atoms with E-state index in [2.05, 4.69) is 11.4 Å². The first kappa shape index (κ1) is 18.8. The molecule has 1 N–H and O–H groups in total. The number of nitrogens with zero attached hydrogens (tertiary/aromatic N) is 1. The lowest BCUT2D eigenvalue weighted by Gasteiger charge is -2.38. The van der Waals surface area contributed by atoms with E-state index in [1.54, 1.807) is 7.11 Å². The maximum atomic E-state index is 13.3. The largest absolute Gasteiger partial charge is 0.491 e. The lowest BCUT2D eigenvalue weighted by molar-refractivity contribution is -0.138. The van der Waals surface area contributed by atoms with E-state index in [1.807, 2.05) is 23.1 Å². The number of rotatable bonds is 4. The highest BCUT2D eigenvalue weighted by atomic mass is 16.5. The van der Waals surface area contributed by atoms with Crippen molar-refractivity contribution in [2.24, 2.45) is 5.92 Å². The number of amides is 1. The van der Waals surface area contributed by atoms with Gasteiger partial charge in [-0.05, 0) is 38.2 Å². The summed E-state index contributed by atoms with van der Waals surface area (Å²) in [6.45, 7) is 1.89. The van der Waals surface area contributed by atoms with Gasteiger partial charge in [-0.3, -0.25) is 4.79 Å². The molecule has 0 aromatic heterocycles. The average molecular weight is 373 g/mol. The Hall–Kier alpha value is -1.59. The number of methoxy groups -OCH3 is 1. The monoisotopic (exact) mass is 372 g/mol. The molecule has 0 unspecified atom stereocenters. The Morgan fingerprint density at radius 3 is 2.81 bits per heavy atom. The second-order valence-corrected chi connectivity index (χ2v) is 8.25. The lowest BCUT2D eigenvalue weighted by atomic mass is 9.82. The standard InChI is InChI=1S/C22H32N2O3/c1-26-21-11-10-16(14-19(21)23-18-7-3-4-8-18)22(25)24-12-13-27-20-9-5-2-6-17(20)15-24/h2,5-6,9,16,18-19,21,23H,3-4,7-8,10-15H2,1H3/t16-,19+,21+/m0/s1. The van der Waals surface area contributed by atoms with Crippen LogP contribution in [0.25, 0.3) is 0 Å². The summed E-state index contributed by atoms with van der Waals surface area (Å²) in [7, 11) is 1.80. The summed E-state index contributed by atoms with van der Waals surface area (Å²) < 4.78 is 11.6. The van der Waals surface area contributed by atoms with Gasteiger partial charge in [0.05, 0.1) is 12.6 Å². The number of fused-ring (bicyclic) bond motifs is 1. The molecule has 1 amide bonds. The molecule has 4 rings (SSSR count). The molecular formula is C22H32N2O3. The van der Waals surface area contributed by atoms with E-state index < -0.39 is 0 Å². The Labute approximate surface area is 162 Å². The summed E-state index contributed by atoms with van der Waals surface area (Å²) >= 11 is 0. The van der Waals surface area contributed by atoms with E-state index in [4.69, 9.17) is 9.47 Å². The van der Waals surface area contributed by atoms with Crippen LogP contribution in [0.3, 0.4) is 0 Å².